The minimum absolute atomic E-state index is 0.309. The first kappa shape index (κ1) is 13.4. The van der Waals surface area contributed by atoms with Crippen LogP contribution in [0, 0.1) is 13.8 Å². The Labute approximate surface area is 133 Å². The molecule has 0 saturated carbocycles. The summed E-state index contributed by atoms with van der Waals surface area (Å²) in [6.07, 6.45) is 0. The van der Waals surface area contributed by atoms with Gasteiger partial charge in [0.1, 0.15) is 5.75 Å². The van der Waals surface area contributed by atoms with Crippen molar-refractivity contribution in [1.82, 2.24) is 0 Å². The van der Waals surface area contributed by atoms with E-state index in [1.807, 2.05) is 23.5 Å². The van der Waals surface area contributed by atoms with Crippen molar-refractivity contribution in [3.05, 3.63) is 65.0 Å². The van der Waals surface area contributed by atoms with Gasteiger partial charge in [-0.2, -0.15) is 0 Å². The van der Waals surface area contributed by atoms with Gasteiger partial charge in [0, 0.05) is 15.0 Å². The van der Waals surface area contributed by atoms with Crippen molar-refractivity contribution in [2.75, 3.05) is 0 Å². The van der Waals surface area contributed by atoms with E-state index in [-0.39, 0.29) is 0 Å². The molecule has 0 spiro atoms. The standard InChI is InChI=1S/C20H16OS/c1-12-13(2)22-18-11-14-6-3-4-9-17(14)20(19(12)18)15-7-5-8-16(21)10-15/h3-11,21H,1-2H3. The highest BCUT2D eigenvalue weighted by molar-refractivity contribution is 7.19. The lowest BCUT2D eigenvalue weighted by atomic mass is 9.93. The highest BCUT2D eigenvalue weighted by Crippen LogP contribution is 2.42. The molecule has 4 rings (SSSR count). The van der Waals surface area contributed by atoms with Crippen LogP contribution in [0.15, 0.2) is 54.6 Å². The molecule has 22 heavy (non-hydrogen) atoms. The van der Waals surface area contributed by atoms with Crippen LogP contribution in [0.3, 0.4) is 0 Å². The predicted octanol–water partition coefficient (Wildman–Crippen LogP) is 6.04. The number of phenols is 1. The number of fused-ring (bicyclic) bond motifs is 2. The fourth-order valence-electron chi connectivity index (χ4n) is 3.15. The van der Waals surface area contributed by atoms with E-state index in [4.69, 9.17) is 0 Å². The minimum atomic E-state index is 0.309. The van der Waals surface area contributed by atoms with Gasteiger partial charge in [-0.05, 0) is 59.5 Å². The van der Waals surface area contributed by atoms with Gasteiger partial charge in [0.2, 0.25) is 0 Å². The average Bonchev–Trinajstić information content (AvgIpc) is 2.79. The monoisotopic (exact) mass is 304 g/mol. The molecule has 1 heterocycles. The lowest BCUT2D eigenvalue weighted by Crippen LogP contribution is -1.85. The van der Waals surface area contributed by atoms with Gasteiger partial charge in [-0.15, -0.1) is 11.3 Å². The zero-order chi connectivity index (χ0) is 15.3. The van der Waals surface area contributed by atoms with Crippen molar-refractivity contribution in [1.29, 1.82) is 0 Å². The summed E-state index contributed by atoms with van der Waals surface area (Å²) in [5.74, 6) is 0.309. The van der Waals surface area contributed by atoms with Crippen LogP contribution < -0.4 is 0 Å². The van der Waals surface area contributed by atoms with E-state index in [2.05, 4.69) is 50.2 Å². The number of phenolic OH excluding ortho intramolecular Hbond substituents is 1. The van der Waals surface area contributed by atoms with E-state index in [0.717, 1.165) is 5.56 Å². The van der Waals surface area contributed by atoms with E-state index in [1.54, 1.807) is 6.07 Å². The van der Waals surface area contributed by atoms with Crippen LogP contribution in [0.5, 0.6) is 5.75 Å². The largest absolute Gasteiger partial charge is 0.508 e. The molecule has 0 atom stereocenters. The molecule has 0 saturated heterocycles. The Morgan fingerprint density at radius 3 is 2.55 bits per heavy atom. The van der Waals surface area contributed by atoms with Crippen molar-refractivity contribution in [3.63, 3.8) is 0 Å². The van der Waals surface area contributed by atoms with Crippen LogP contribution in [0.2, 0.25) is 0 Å². The topological polar surface area (TPSA) is 20.2 Å². The van der Waals surface area contributed by atoms with E-state index >= 15 is 0 Å². The molecule has 0 amide bonds. The predicted molar refractivity (Wildman–Crippen MR) is 95.9 cm³/mol. The number of aromatic hydroxyl groups is 1. The van der Waals surface area contributed by atoms with Crippen molar-refractivity contribution in [2.45, 2.75) is 13.8 Å². The number of benzene rings is 3. The third-order valence-corrected chi connectivity index (χ3v) is 5.47. The van der Waals surface area contributed by atoms with Crippen LogP contribution in [0.1, 0.15) is 10.4 Å². The molecular weight excluding hydrogens is 288 g/mol. The first-order chi connectivity index (χ1) is 10.6. The molecule has 108 valence electrons. The molecule has 0 radical (unpaired) electrons. The second kappa shape index (κ2) is 4.85. The maximum atomic E-state index is 9.90. The maximum absolute atomic E-state index is 9.90. The molecule has 4 aromatic rings. The van der Waals surface area contributed by atoms with Gasteiger partial charge in [-0.1, -0.05) is 36.4 Å². The number of hydrogen-bond acceptors (Lipinski definition) is 2. The molecule has 0 aliphatic rings. The summed E-state index contributed by atoms with van der Waals surface area (Å²) >= 11 is 1.84. The van der Waals surface area contributed by atoms with E-state index < -0.39 is 0 Å². The Morgan fingerprint density at radius 1 is 0.909 bits per heavy atom. The fraction of sp³-hybridized carbons (Fsp3) is 0.100. The first-order valence-electron chi connectivity index (χ1n) is 7.36. The van der Waals surface area contributed by atoms with Gasteiger partial charge in [0.25, 0.3) is 0 Å². The molecule has 2 heteroatoms. The Bertz CT molecular complexity index is 1010. The Kier molecular flexibility index (Phi) is 2.95. The minimum Gasteiger partial charge on any atom is -0.508 e. The van der Waals surface area contributed by atoms with Crippen LogP contribution in [-0.2, 0) is 0 Å². The molecule has 3 aromatic carbocycles. The molecular formula is C20H16OS. The zero-order valence-corrected chi connectivity index (χ0v) is 13.4. The van der Waals surface area contributed by atoms with Gasteiger partial charge in [-0.3, -0.25) is 0 Å². The van der Waals surface area contributed by atoms with Gasteiger partial charge in [0.15, 0.2) is 0 Å². The third-order valence-electron chi connectivity index (χ3n) is 4.31. The summed E-state index contributed by atoms with van der Waals surface area (Å²) in [5.41, 5.74) is 3.64. The fourth-order valence-corrected chi connectivity index (χ4v) is 4.28. The molecule has 0 unspecified atom stereocenters. The maximum Gasteiger partial charge on any atom is 0.116 e. The summed E-state index contributed by atoms with van der Waals surface area (Å²) in [6.45, 7) is 4.37. The second-order valence-corrected chi connectivity index (χ2v) is 6.94. The molecule has 0 aliphatic heterocycles. The smallest absolute Gasteiger partial charge is 0.116 e. The van der Waals surface area contributed by atoms with Gasteiger partial charge in [0.05, 0.1) is 0 Å². The quantitative estimate of drug-likeness (QED) is 0.454. The number of thiophene rings is 1. The van der Waals surface area contributed by atoms with Crippen LogP contribution in [0.25, 0.3) is 32.0 Å². The molecule has 1 nitrogen and oxygen atoms in total. The van der Waals surface area contributed by atoms with Crippen molar-refractivity contribution >= 4 is 32.2 Å². The Hall–Kier alpha value is -2.32. The molecule has 0 fully saturated rings. The summed E-state index contributed by atoms with van der Waals surface area (Å²) in [5, 5.41) is 13.7. The summed E-state index contributed by atoms with van der Waals surface area (Å²) in [7, 11) is 0. The molecule has 1 N–H and O–H groups in total. The lowest BCUT2D eigenvalue weighted by Gasteiger charge is -2.11. The molecule has 1 aromatic heterocycles. The van der Waals surface area contributed by atoms with Gasteiger partial charge < -0.3 is 5.11 Å². The Balaban J connectivity index is 2.25. The molecule has 0 bridgehead atoms. The summed E-state index contributed by atoms with van der Waals surface area (Å²) < 4.78 is 1.31. The summed E-state index contributed by atoms with van der Waals surface area (Å²) in [4.78, 5) is 1.35. The van der Waals surface area contributed by atoms with Crippen LogP contribution in [0.4, 0.5) is 0 Å². The van der Waals surface area contributed by atoms with Crippen molar-refractivity contribution < 1.29 is 5.11 Å². The second-order valence-electron chi connectivity index (χ2n) is 5.68. The van der Waals surface area contributed by atoms with Crippen molar-refractivity contribution in [3.8, 4) is 16.9 Å². The SMILES string of the molecule is Cc1sc2cc3ccccc3c(-c3cccc(O)c3)c2c1C. The van der Waals surface area contributed by atoms with Gasteiger partial charge in [-0.25, -0.2) is 0 Å². The van der Waals surface area contributed by atoms with E-state index in [0.29, 0.717) is 5.75 Å². The summed E-state index contributed by atoms with van der Waals surface area (Å²) in [6, 6.07) is 18.3. The third kappa shape index (κ3) is 1.92. The number of hydrogen-bond donors (Lipinski definition) is 1. The van der Waals surface area contributed by atoms with Crippen LogP contribution >= 0.6 is 11.3 Å². The highest BCUT2D eigenvalue weighted by Gasteiger charge is 2.15. The normalized spacial score (nSPS) is 11.4. The van der Waals surface area contributed by atoms with Crippen molar-refractivity contribution in [2.24, 2.45) is 0 Å². The lowest BCUT2D eigenvalue weighted by molar-refractivity contribution is 0.475. The number of rotatable bonds is 1. The van der Waals surface area contributed by atoms with Gasteiger partial charge >= 0.3 is 0 Å². The van der Waals surface area contributed by atoms with E-state index in [1.165, 1.54) is 36.9 Å². The molecule has 0 aliphatic carbocycles. The first-order valence-corrected chi connectivity index (χ1v) is 8.17. The highest BCUT2D eigenvalue weighted by atomic mass is 32.1. The van der Waals surface area contributed by atoms with E-state index in [9.17, 15) is 5.11 Å². The Morgan fingerprint density at radius 2 is 1.73 bits per heavy atom. The van der Waals surface area contributed by atoms with Crippen LogP contribution in [-0.4, -0.2) is 5.11 Å². The average molecular weight is 304 g/mol. The zero-order valence-electron chi connectivity index (χ0n) is 12.6. The number of aryl methyl sites for hydroxylation is 2.